The summed E-state index contributed by atoms with van der Waals surface area (Å²) in [6, 6.07) is 25.6. The first-order valence-corrected chi connectivity index (χ1v) is 8.42. The Kier molecular flexibility index (Phi) is 5.47. The van der Waals surface area contributed by atoms with Crippen LogP contribution in [-0.4, -0.2) is 12.5 Å². The molecule has 0 unspecified atom stereocenters. The summed E-state index contributed by atoms with van der Waals surface area (Å²) in [5.74, 6) is 0.538. The van der Waals surface area contributed by atoms with Gasteiger partial charge in [0, 0.05) is 11.3 Å². The molecule has 0 aliphatic heterocycles. The summed E-state index contributed by atoms with van der Waals surface area (Å²) in [4.78, 5) is 12.3. The second-order valence-corrected chi connectivity index (χ2v) is 5.75. The number of anilines is 1. The van der Waals surface area contributed by atoms with Crippen LogP contribution in [0, 0.1) is 0 Å². The number of rotatable bonds is 6. The Labute approximate surface area is 148 Å². The average molecular weight is 331 g/mol. The number of nitrogens with one attached hydrogen (secondary N) is 1. The summed E-state index contributed by atoms with van der Waals surface area (Å²) in [5.41, 5.74) is 4.02. The second kappa shape index (κ2) is 8.15. The fourth-order valence-corrected chi connectivity index (χ4v) is 2.65. The lowest BCUT2D eigenvalue weighted by atomic mass is 10.0. The van der Waals surface area contributed by atoms with Gasteiger partial charge < -0.3 is 10.1 Å². The van der Waals surface area contributed by atoms with E-state index in [1.165, 1.54) is 5.56 Å². The van der Waals surface area contributed by atoms with E-state index in [0.717, 1.165) is 23.2 Å². The summed E-state index contributed by atoms with van der Waals surface area (Å²) >= 11 is 0. The molecule has 0 atom stereocenters. The summed E-state index contributed by atoms with van der Waals surface area (Å²) in [6.45, 7) is 2.07. The van der Waals surface area contributed by atoms with Crippen molar-refractivity contribution in [3.8, 4) is 16.9 Å². The van der Waals surface area contributed by atoms with Crippen molar-refractivity contribution in [1.82, 2.24) is 0 Å². The van der Waals surface area contributed by atoms with E-state index >= 15 is 0 Å². The van der Waals surface area contributed by atoms with Crippen LogP contribution in [0.25, 0.3) is 11.1 Å². The van der Waals surface area contributed by atoms with Gasteiger partial charge >= 0.3 is 0 Å². The van der Waals surface area contributed by atoms with Crippen molar-refractivity contribution in [3.63, 3.8) is 0 Å². The molecule has 0 aliphatic carbocycles. The molecule has 0 aromatic heterocycles. The van der Waals surface area contributed by atoms with E-state index in [9.17, 15) is 4.79 Å². The number of hydrogen-bond acceptors (Lipinski definition) is 2. The molecule has 3 rings (SSSR count). The highest BCUT2D eigenvalue weighted by atomic mass is 16.5. The summed E-state index contributed by atoms with van der Waals surface area (Å²) in [5, 5.41) is 2.94. The molecule has 0 aliphatic rings. The number of aryl methyl sites for hydroxylation is 1. The molecule has 3 heteroatoms. The minimum atomic E-state index is -0.176. The molecule has 126 valence electrons. The molecule has 3 aromatic carbocycles. The zero-order chi connectivity index (χ0) is 17.5. The molecule has 0 saturated carbocycles. The predicted octanol–water partition coefficient (Wildman–Crippen LogP) is 4.93. The standard InChI is InChI=1S/C22H21NO2/c1-2-17-9-8-12-19(15-17)25-16-22(24)23-21-14-7-6-13-20(21)18-10-4-3-5-11-18/h3-15H,2,16H2,1H3,(H,23,24). The Bertz CT molecular complexity index is 843. The first-order chi connectivity index (χ1) is 12.3. The highest BCUT2D eigenvalue weighted by molar-refractivity contribution is 5.96. The highest BCUT2D eigenvalue weighted by Crippen LogP contribution is 2.27. The van der Waals surface area contributed by atoms with E-state index in [2.05, 4.69) is 12.2 Å². The van der Waals surface area contributed by atoms with E-state index in [4.69, 9.17) is 4.74 Å². The van der Waals surface area contributed by atoms with E-state index in [-0.39, 0.29) is 12.5 Å². The maximum Gasteiger partial charge on any atom is 0.262 e. The Hall–Kier alpha value is -3.07. The quantitative estimate of drug-likeness (QED) is 0.695. The fraction of sp³-hybridized carbons (Fsp3) is 0.136. The Morgan fingerprint density at radius 1 is 0.920 bits per heavy atom. The minimum Gasteiger partial charge on any atom is -0.484 e. The van der Waals surface area contributed by atoms with Gasteiger partial charge in [-0.15, -0.1) is 0 Å². The predicted molar refractivity (Wildman–Crippen MR) is 102 cm³/mol. The van der Waals surface area contributed by atoms with Crippen LogP contribution in [0.1, 0.15) is 12.5 Å². The molecule has 3 nitrogen and oxygen atoms in total. The molecule has 0 saturated heterocycles. The van der Waals surface area contributed by atoms with Gasteiger partial charge in [-0.1, -0.05) is 67.6 Å². The van der Waals surface area contributed by atoms with E-state index < -0.39 is 0 Å². The molecule has 0 spiro atoms. The Morgan fingerprint density at radius 2 is 1.68 bits per heavy atom. The smallest absolute Gasteiger partial charge is 0.262 e. The van der Waals surface area contributed by atoms with Crippen molar-refractivity contribution in [2.24, 2.45) is 0 Å². The minimum absolute atomic E-state index is 0.0176. The van der Waals surface area contributed by atoms with Crippen LogP contribution in [0.15, 0.2) is 78.9 Å². The maximum atomic E-state index is 12.3. The molecule has 0 heterocycles. The lowest BCUT2D eigenvalue weighted by molar-refractivity contribution is -0.118. The third-order valence-corrected chi connectivity index (χ3v) is 3.96. The highest BCUT2D eigenvalue weighted by Gasteiger charge is 2.09. The number of para-hydroxylation sites is 1. The fourth-order valence-electron chi connectivity index (χ4n) is 2.65. The van der Waals surface area contributed by atoms with Crippen molar-refractivity contribution in [2.75, 3.05) is 11.9 Å². The van der Waals surface area contributed by atoms with E-state index in [1.807, 2.05) is 78.9 Å². The molecule has 1 amide bonds. The van der Waals surface area contributed by atoms with Crippen molar-refractivity contribution in [1.29, 1.82) is 0 Å². The molecule has 0 bridgehead atoms. The monoisotopic (exact) mass is 331 g/mol. The second-order valence-electron chi connectivity index (χ2n) is 5.75. The molecule has 0 radical (unpaired) electrons. The number of carbonyl (C=O) groups is 1. The van der Waals surface area contributed by atoms with Crippen LogP contribution in [0.2, 0.25) is 0 Å². The Balaban J connectivity index is 1.67. The van der Waals surface area contributed by atoms with Crippen molar-refractivity contribution in [3.05, 3.63) is 84.4 Å². The number of carbonyl (C=O) groups excluding carboxylic acids is 1. The summed E-state index contributed by atoms with van der Waals surface area (Å²) in [7, 11) is 0. The maximum absolute atomic E-state index is 12.3. The lowest BCUT2D eigenvalue weighted by Gasteiger charge is -2.12. The van der Waals surface area contributed by atoms with Gasteiger partial charge in [0.1, 0.15) is 5.75 Å². The van der Waals surface area contributed by atoms with Gasteiger partial charge in [-0.05, 0) is 35.7 Å². The first kappa shape index (κ1) is 16.8. The van der Waals surface area contributed by atoms with Gasteiger partial charge in [0.05, 0.1) is 0 Å². The third kappa shape index (κ3) is 4.48. The van der Waals surface area contributed by atoms with Gasteiger partial charge in [-0.2, -0.15) is 0 Å². The van der Waals surface area contributed by atoms with Crippen molar-refractivity contribution >= 4 is 11.6 Å². The normalized spacial score (nSPS) is 10.3. The third-order valence-electron chi connectivity index (χ3n) is 3.96. The largest absolute Gasteiger partial charge is 0.484 e. The van der Waals surface area contributed by atoms with Gasteiger partial charge in [0.2, 0.25) is 0 Å². The van der Waals surface area contributed by atoms with E-state index in [1.54, 1.807) is 0 Å². The number of hydrogen-bond donors (Lipinski definition) is 1. The number of benzene rings is 3. The molecular formula is C22H21NO2. The van der Waals surface area contributed by atoms with Crippen molar-refractivity contribution < 1.29 is 9.53 Å². The average Bonchev–Trinajstić information content (AvgIpc) is 2.68. The van der Waals surface area contributed by atoms with Crippen molar-refractivity contribution in [2.45, 2.75) is 13.3 Å². The first-order valence-electron chi connectivity index (χ1n) is 8.42. The summed E-state index contributed by atoms with van der Waals surface area (Å²) < 4.78 is 5.62. The van der Waals surface area contributed by atoms with Gasteiger partial charge in [-0.3, -0.25) is 4.79 Å². The molecular weight excluding hydrogens is 310 g/mol. The van der Waals surface area contributed by atoms with Gasteiger partial charge in [0.15, 0.2) is 6.61 Å². The zero-order valence-corrected chi connectivity index (χ0v) is 14.2. The molecule has 3 aromatic rings. The van der Waals surface area contributed by atoms with Gasteiger partial charge in [-0.25, -0.2) is 0 Å². The SMILES string of the molecule is CCc1cccc(OCC(=O)Nc2ccccc2-c2ccccc2)c1. The van der Waals surface area contributed by atoms with Crippen LogP contribution in [0.3, 0.4) is 0 Å². The van der Waals surface area contributed by atoms with E-state index in [0.29, 0.717) is 5.75 Å². The number of amides is 1. The molecule has 25 heavy (non-hydrogen) atoms. The van der Waals surface area contributed by atoms with Gasteiger partial charge in [0.25, 0.3) is 5.91 Å². The molecule has 1 N–H and O–H groups in total. The Morgan fingerprint density at radius 3 is 2.48 bits per heavy atom. The van der Waals surface area contributed by atoms with Crippen LogP contribution >= 0.6 is 0 Å². The zero-order valence-electron chi connectivity index (χ0n) is 14.2. The lowest BCUT2D eigenvalue weighted by Crippen LogP contribution is -2.20. The molecule has 0 fully saturated rings. The van der Waals surface area contributed by atoms with Crippen LogP contribution in [-0.2, 0) is 11.2 Å². The number of ether oxygens (including phenoxy) is 1. The van der Waals surface area contributed by atoms with Crippen LogP contribution in [0.5, 0.6) is 5.75 Å². The topological polar surface area (TPSA) is 38.3 Å². The van der Waals surface area contributed by atoms with Crippen LogP contribution in [0.4, 0.5) is 5.69 Å². The summed E-state index contributed by atoms with van der Waals surface area (Å²) in [6.07, 6.45) is 0.938. The van der Waals surface area contributed by atoms with Crippen LogP contribution < -0.4 is 10.1 Å².